The van der Waals surface area contributed by atoms with Gasteiger partial charge in [-0.05, 0) is 42.7 Å². The van der Waals surface area contributed by atoms with E-state index in [-0.39, 0.29) is 5.91 Å². The summed E-state index contributed by atoms with van der Waals surface area (Å²) < 4.78 is 1.70. The number of hydrogen-bond donors (Lipinski definition) is 0. The first-order valence-corrected chi connectivity index (χ1v) is 10.9. The van der Waals surface area contributed by atoms with Crippen molar-refractivity contribution in [2.45, 2.75) is 52.4 Å². The predicted octanol–water partition coefficient (Wildman–Crippen LogP) is 6.93. The van der Waals surface area contributed by atoms with Gasteiger partial charge in [-0.3, -0.25) is 4.79 Å². The van der Waals surface area contributed by atoms with Gasteiger partial charge in [0.15, 0.2) is 0 Å². The number of hydrogen-bond acceptors (Lipinski definition) is 2. The third-order valence-electron chi connectivity index (χ3n) is 6.34. The van der Waals surface area contributed by atoms with Crippen molar-refractivity contribution in [1.82, 2.24) is 9.78 Å². The Morgan fingerprint density at radius 2 is 1.67 bits per heavy atom. The predicted molar refractivity (Wildman–Crippen MR) is 124 cm³/mol. The highest BCUT2D eigenvalue weighted by Gasteiger charge is 2.35. The molecule has 0 fully saturated rings. The second-order valence-corrected chi connectivity index (χ2v) is 8.79. The van der Waals surface area contributed by atoms with Crippen molar-refractivity contribution in [2.24, 2.45) is 5.92 Å². The molecule has 0 aliphatic heterocycles. The van der Waals surface area contributed by atoms with E-state index in [1.165, 1.54) is 5.56 Å². The van der Waals surface area contributed by atoms with Crippen LogP contribution >= 0.6 is 0 Å². The third kappa shape index (κ3) is 3.77. The SMILES string of the molecule is C/C(=C/C(=O)n1nc(-c2ccccc2)c2c1[C@H](C(C)C)CC[C@@H]2C)c1ccccc1. The van der Waals surface area contributed by atoms with Crippen molar-refractivity contribution < 1.29 is 4.79 Å². The summed E-state index contributed by atoms with van der Waals surface area (Å²) in [5.74, 6) is 1.14. The van der Waals surface area contributed by atoms with Gasteiger partial charge in [-0.2, -0.15) is 5.10 Å². The van der Waals surface area contributed by atoms with Crippen LogP contribution in [0.2, 0.25) is 0 Å². The molecule has 0 bridgehead atoms. The highest BCUT2D eigenvalue weighted by molar-refractivity contribution is 5.97. The van der Waals surface area contributed by atoms with E-state index in [4.69, 9.17) is 5.10 Å². The van der Waals surface area contributed by atoms with Gasteiger partial charge >= 0.3 is 0 Å². The molecular formula is C27H30N2O. The number of rotatable bonds is 4. The van der Waals surface area contributed by atoms with E-state index in [0.717, 1.165) is 40.9 Å². The Labute approximate surface area is 179 Å². The molecule has 154 valence electrons. The summed E-state index contributed by atoms with van der Waals surface area (Å²) in [5, 5.41) is 4.91. The van der Waals surface area contributed by atoms with Crippen LogP contribution in [0.4, 0.5) is 0 Å². The molecule has 0 radical (unpaired) electrons. The molecule has 1 aliphatic carbocycles. The van der Waals surface area contributed by atoms with Gasteiger partial charge in [-0.25, -0.2) is 4.68 Å². The van der Waals surface area contributed by atoms with Crippen molar-refractivity contribution >= 4 is 11.5 Å². The second kappa shape index (κ2) is 8.43. The molecule has 1 heterocycles. The molecule has 0 unspecified atom stereocenters. The average molecular weight is 399 g/mol. The van der Waals surface area contributed by atoms with Gasteiger partial charge < -0.3 is 0 Å². The monoisotopic (exact) mass is 398 g/mol. The van der Waals surface area contributed by atoms with Gasteiger partial charge in [0.25, 0.3) is 5.91 Å². The Kier molecular flexibility index (Phi) is 5.72. The molecule has 3 aromatic rings. The summed E-state index contributed by atoms with van der Waals surface area (Å²) in [6.07, 6.45) is 3.96. The Morgan fingerprint density at radius 3 is 2.30 bits per heavy atom. The molecule has 2 atom stereocenters. The number of nitrogens with zero attached hydrogens (tertiary/aromatic N) is 2. The highest BCUT2D eigenvalue weighted by atomic mass is 16.2. The molecule has 2 aromatic carbocycles. The zero-order chi connectivity index (χ0) is 21.3. The molecular weight excluding hydrogens is 368 g/mol. The molecule has 1 aromatic heterocycles. The van der Waals surface area contributed by atoms with Gasteiger partial charge in [0.2, 0.25) is 0 Å². The van der Waals surface area contributed by atoms with Crippen molar-refractivity contribution in [1.29, 1.82) is 0 Å². The molecule has 1 aliphatic rings. The molecule has 4 rings (SSSR count). The van der Waals surface area contributed by atoms with Crippen LogP contribution in [-0.2, 0) is 0 Å². The molecule has 0 saturated carbocycles. The lowest BCUT2D eigenvalue weighted by Crippen LogP contribution is -2.23. The van der Waals surface area contributed by atoms with Crippen LogP contribution in [0.15, 0.2) is 66.7 Å². The smallest absolute Gasteiger partial charge is 0.267 e. The Balaban J connectivity index is 1.86. The first-order chi connectivity index (χ1) is 14.5. The van der Waals surface area contributed by atoms with E-state index in [2.05, 4.69) is 32.9 Å². The van der Waals surface area contributed by atoms with Gasteiger partial charge in [0, 0.05) is 23.1 Å². The molecule has 3 heteroatoms. The van der Waals surface area contributed by atoms with Crippen LogP contribution in [0.3, 0.4) is 0 Å². The minimum atomic E-state index is -0.0606. The lowest BCUT2D eigenvalue weighted by Gasteiger charge is -2.30. The number of benzene rings is 2. The molecule has 0 saturated heterocycles. The molecule has 0 amide bonds. The van der Waals surface area contributed by atoms with E-state index in [1.54, 1.807) is 10.8 Å². The lowest BCUT2D eigenvalue weighted by molar-refractivity contribution is 0.0947. The minimum absolute atomic E-state index is 0.0606. The van der Waals surface area contributed by atoms with Crippen molar-refractivity contribution in [3.05, 3.63) is 83.6 Å². The zero-order valence-corrected chi connectivity index (χ0v) is 18.3. The van der Waals surface area contributed by atoms with Gasteiger partial charge in [-0.1, -0.05) is 81.4 Å². The zero-order valence-electron chi connectivity index (χ0n) is 18.3. The van der Waals surface area contributed by atoms with Crippen molar-refractivity contribution in [3.63, 3.8) is 0 Å². The molecule has 3 nitrogen and oxygen atoms in total. The lowest BCUT2D eigenvalue weighted by atomic mass is 9.75. The van der Waals surface area contributed by atoms with E-state index in [0.29, 0.717) is 17.8 Å². The van der Waals surface area contributed by atoms with E-state index in [9.17, 15) is 4.79 Å². The van der Waals surface area contributed by atoms with Crippen LogP contribution in [0.25, 0.3) is 16.8 Å². The number of fused-ring (bicyclic) bond motifs is 1. The highest BCUT2D eigenvalue weighted by Crippen LogP contribution is 2.46. The second-order valence-electron chi connectivity index (χ2n) is 8.79. The summed E-state index contributed by atoms with van der Waals surface area (Å²) in [6.45, 7) is 8.76. The topological polar surface area (TPSA) is 34.9 Å². The van der Waals surface area contributed by atoms with Crippen LogP contribution in [0.1, 0.15) is 74.0 Å². The minimum Gasteiger partial charge on any atom is -0.267 e. The van der Waals surface area contributed by atoms with Crippen LogP contribution in [-0.4, -0.2) is 15.7 Å². The van der Waals surface area contributed by atoms with E-state index >= 15 is 0 Å². The van der Waals surface area contributed by atoms with Gasteiger partial charge in [0.05, 0.1) is 11.4 Å². The van der Waals surface area contributed by atoms with Gasteiger partial charge in [0.1, 0.15) is 0 Å². The summed E-state index contributed by atoms with van der Waals surface area (Å²) >= 11 is 0. The average Bonchev–Trinajstić information content (AvgIpc) is 3.16. The first-order valence-electron chi connectivity index (χ1n) is 10.9. The molecule has 0 spiro atoms. The fraction of sp³-hybridized carbons (Fsp3) is 0.333. The standard InChI is InChI=1S/C27H30N2O/c1-18(2)23-16-15-19(3)25-26(22-13-9-6-10-14-22)28-29(27(23)25)24(30)17-20(4)21-11-7-5-8-12-21/h5-14,17-19,23H,15-16H2,1-4H3/b20-17-/t19-,23-/m0/s1. The van der Waals surface area contributed by atoms with E-state index < -0.39 is 0 Å². The number of aromatic nitrogens is 2. The van der Waals surface area contributed by atoms with Crippen molar-refractivity contribution in [2.75, 3.05) is 0 Å². The Morgan fingerprint density at radius 1 is 1.03 bits per heavy atom. The normalized spacial score (nSPS) is 19.0. The van der Waals surface area contributed by atoms with Crippen LogP contribution < -0.4 is 0 Å². The summed E-state index contributed by atoms with van der Waals surface area (Å²) in [4.78, 5) is 13.4. The quantitative estimate of drug-likeness (QED) is 0.447. The molecule has 0 N–H and O–H groups in total. The van der Waals surface area contributed by atoms with Crippen LogP contribution in [0.5, 0.6) is 0 Å². The first kappa shape index (κ1) is 20.3. The maximum Gasteiger partial charge on any atom is 0.271 e. The fourth-order valence-electron chi connectivity index (χ4n) is 4.65. The largest absolute Gasteiger partial charge is 0.271 e. The van der Waals surface area contributed by atoms with E-state index in [1.807, 2.05) is 55.5 Å². The molecule has 30 heavy (non-hydrogen) atoms. The van der Waals surface area contributed by atoms with Crippen LogP contribution in [0, 0.1) is 5.92 Å². The van der Waals surface area contributed by atoms with Gasteiger partial charge in [-0.15, -0.1) is 0 Å². The number of carbonyl (C=O) groups excluding carboxylic acids is 1. The third-order valence-corrected chi connectivity index (χ3v) is 6.34. The summed E-state index contributed by atoms with van der Waals surface area (Å²) in [6, 6.07) is 20.3. The maximum atomic E-state index is 13.4. The Bertz CT molecular complexity index is 1060. The summed E-state index contributed by atoms with van der Waals surface area (Å²) in [7, 11) is 0. The number of allylic oxidation sites excluding steroid dienone is 2. The fourth-order valence-corrected chi connectivity index (χ4v) is 4.65. The summed E-state index contributed by atoms with van der Waals surface area (Å²) in [5.41, 5.74) is 6.43. The Hall–Kier alpha value is -2.94. The maximum absolute atomic E-state index is 13.4. The number of carbonyl (C=O) groups is 1. The van der Waals surface area contributed by atoms with Crippen molar-refractivity contribution in [3.8, 4) is 11.3 Å².